The molecule has 1 saturated heterocycles. The number of amides is 3. The molecule has 0 spiro atoms. The van der Waals surface area contributed by atoms with Crippen LogP contribution in [0.3, 0.4) is 0 Å². The van der Waals surface area contributed by atoms with Crippen molar-refractivity contribution in [2.24, 2.45) is 5.14 Å². The first kappa shape index (κ1) is 26.3. The van der Waals surface area contributed by atoms with Crippen molar-refractivity contribution in [3.05, 3.63) is 63.2 Å². The standard InChI is InChI=1S/C22H23ClN4O7S/c1-4-22(2,3)26(20(29)13-5-10-16(23)17(11-13)27(31)32)18-12-19(28)25(21(18)30)14-6-8-15(9-7-14)35(24,33)34/h5-11,18H,4,12H2,1-3H3,(H2,24,33,34). The van der Waals surface area contributed by atoms with Gasteiger partial charge in [-0.15, -0.1) is 0 Å². The Bertz CT molecular complexity index is 1330. The second-order valence-electron chi connectivity index (χ2n) is 8.59. The van der Waals surface area contributed by atoms with E-state index >= 15 is 0 Å². The average Bonchev–Trinajstić information content (AvgIpc) is 3.06. The Morgan fingerprint density at radius 2 is 1.83 bits per heavy atom. The van der Waals surface area contributed by atoms with Gasteiger partial charge in [0.25, 0.3) is 17.5 Å². The van der Waals surface area contributed by atoms with Crippen LogP contribution in [0.1, 0.15) is 44.0 Å². The molecule has 1 heterocycles. The Balaban J connectivity index is 2.02. The molecule has 35 heavy (non-hydrogen) atoms. The number of hydrogen-bond donors (Lipinski definition) is 1. The number of sulfonamides is 1. The Morgan fingerprint density at radius 3 is 2.34 bits per heavy atom. The molecule has 1 unspecified atom stereocenters. The molecule has 0 aromatic heterocycles. The first-order valence-electron chi connectivity index (χ1n) is 10.5. The first-order chi connectivity index (χ1) is 16.2. The number of imide groups is 1. The van der Waals surface area contributed by atoms with Crippen LogP contribution < -0.4 is 10.0 Å². The number of hydrogen-bond acceptors (Lipinski definition) is 7. The van der Waals surface area contributed by atoms with Gasteiger partial charge in [0.2, 0.25) is 15.9 Å². The number of anilines is 1. The van der Waals surface area contributed by atoms with Crippen molar-refractivity contribution < 1.29 is 27.7 Å². The van der Waals surface area contributed by atoms with Gasteiger partial charge < -0.3 is 4.90 Å². The van der Waals surface area contributed by atoms with Crippen molar-refractivity contribution in [2.45, 2.75) is 50.1 Å². The summed E-state index contributed by atoms with van der Waals surface area (Å²) >= 11 is 5.87. The fraction of sp³-hybridized carbons (Fsp3) is 0.318. The van der Waals surface area contributed by atoms with Gasteiger partial charge in [-0.3, -0.25) is 24.5 Å². The third-order valence-corrected chi connectivity index (χ3v) is 7.23. The fourth-order valence-electron chi connectivity index (χ4n) is 3.81. The maximum atomic E-state index is 13.6. The number of nitrogens with two attached hydrogens (primary N) is 1. The number of primary sulfonamides is 1. The van der Waals surface area contributed by atoms with Crippen molar-refractivity contribution in [3.8, 4) is 0 Å². The number of benzene rings is 2. The second kappa shape index (κ2) is 9.36. The molecule has 3 amide bonds. The lowest BCUT2D eigenvalue weighted by Gasteiger charge is -2.41. The van der Waals surface area contributed by atoms with Gasteiger partial charge in [-0.25, -0.2) is 18.5 Å². The molecule has 2 aromatic rings. The highest BCUT2D eigenvalue weighted by Gasteiger charge is 2.48. The van der Waals surface area contributed by atoms with Crippen LogP contribution in [0.25, 0.3) is 0 Å². The van der Waals surface area contributed by atoms with Crippen LogP contribution in [-0.4, -0.2) is 47.5 Å². The summed E-state index contributed by atoms with van der Waals surface area (Å²) in [5.74, 6) is -1.94. The molecule has 0 saturated carbocycles. The van der Waals surface area contributed by atoms with E-state index < -0.39 is 49.9 Å². The zero-order valence-electron chi connectivity index (χ0n) is 19.1. The van der Waals surface area contributed by atoms with E-state index in [4.69, 9.17) is 16.7 Å². The van der Waals surface area contributed by atoms with Gasteiger partial charge in [-0.2, -0.15) is 0 Å². The van der Waals surface area contributed by atoms with Crippen LogP contribution in [0.4, 0.5) is 11.4 Å². The summed E-state index contributed by atoms with van der Waals surface area (Å²) in [6, 6.07) is 7.29. The van der Waals surface area contributed by atoms with Crippen molar-refractivity contribution in [1.82, 2.24) is 4.90 Å². The minimum atomic E-state index is -3.97. The lowest BCUT2D eigenvalue weighted by Crippen LogP contribution is -2.55. The van der Waals surface area contributed by atoms with Crippen LogP contribution in [0.2, 0.25) is 5.02 Å². The third kappa shape index (κ3) is 5.04. The quantitative estimate of drug-likeness (QED) is 0.332. The average molecular weight is 523 g/mol. The Hall–Kier alpha value is -3.35. The third-order valence-electron chi connectivity index (χ3n) is 5.98. The van der Waals surface area contributed by atoms with Crippen LogP contribution >= 0.6 is 11.6 Å². The summed E-state index contributed by atoms with van der Waals surface area (Å²) < 4.78 is 23.0. The molecule has 2 N–H and O–H groups in total. The SMILES string of the molecule is CCC(C)(C)N(C(=O)c1ccc(Cl)c([N+](=O)[O-])c1)C1CC(=O)N(c2ccc(S(N)(=O)=O)cc2)C1=O. The maximum Gasteiger partial charge on any atom is 0.288 e. The summed E-state index contributed by atoms with van der Waals surface area (Å²) in [7, 11) is -3.97. The molecule has 3 rings (SSSR count). The van der Waals surface area contributed by atoms with E-state index in [2.05, 4.69) is 0 Å². The first-order valence-corrected chi connectivity index (χ1v) is 12.4. The Morgan fingerprint density at radius 1 is 1.23 bits per heavy atom. The topological polar surface area (TPSA) is 161 Å². The highest BCUT2D eigenvalue weighted by Crippen LogP contribution is 2.34. The van der Waals surface area contributed by atoms with E-state index in [1.54, 1.807) is 20.8 Å². The number of nitro groups is 1. The summed E-state index contributed by atoms with van der Waals surface area (Å²) in [5, 5.41) is 16.3. The molecule has 1 atom stereocenters. The van der Waals surface area contributed by atoms with Crippen LogP contribution in [-0.2, 0) is 19.6 Å². The van der Waals surface area contributed by atoms with Gasteiger partial charge in [-0.1, -0.05) is 18.5 Å². The second-order valence-corrected chi connectivity index (χ2v) is 10.6. The summed E-state index contributed by atoms with van der Waals surface area (Å²) in [5.41, 5.74) is -1.30. The van der Waals surface area contributed by atoms with Gasteiger partial charge in [0.15, 0.2) is 0 Å². The molecule has 186 valence electrons. The Kier molecular flexibility index (Phi) is 7.02. The number of nitro benzene ring substituents is 1. The molecule has 0 radical (unpaired) electrons. The van der Waals surface area contributed by atoms with Crippen molar-refractivity contribution in [3.63, 3.8) is 0 Å². The van der Waals surface area contributed by atoms with Crippen molar-refractivity contribution >= 4 is 50.7 Å². The van der Waals surface area contributed by atoms with E-state index in [0.717, 1.165) is 11.0 Å². The number of carbonyl (C=O) groups excluding carboxylic acids is 3. The molecule has 1 aliphatic heterocycles. The fourth-order valence-corrected chi connectivity index (χ4v) is 4.51. The molecular formula is C22H23ClN4O7S. The maximum absolute atomic E-state index is 13.6. The van der Waals surface area contributed by atoms with Crippen LogP contribution in [0, 0.1) is 10.1 Å². The minimum Gasteiger partial charge on any atom is -0.321 e. The van der Waals surface area contributed by atoms with Crippen molar-refractivity contribution in [2.75, 3.05) is 4.90 Å². The van der Waals surface area contributed by atoms with E-state index in [0.29, 0.717) is 6.42 Å². The number of carbonyl (C=O) groups is 3. The predicted octanol–water partition coefficient (Wildman–Crippen LogP) is 2.86. The molecule has 13 heteroatoms. The Labute approximate surface area is 206 Å². The largest absolute Gasteiger partial charge is 0.321 e. The number of nitrogens with zero attached hydrogens (tertiary/aromatic N) is 3. The highest BCUT2D eigenvalue weighted by molar-refractivity contribution is 7.89. The van der Waals surface area contributed by atoms with Gasteiger partial charge in [0, 0.05) is 17.2 Å². The van der Waals surface area contributed by atoms with Gasteiger partial charge in [0.1, 0.15) is 11.1 Å². The lowest BCUT2D eigenvalue weighted by molar-refractivity contribution is -0.384. The highest BCUT2D eigenvalue weighted by atomic mass is 35.5. The molecule has 1 aliphatic rings. The monoisotopic (exact) mass is 522 g/mol. The minimum absolute atomic E-state index is 0.0566. The van der Waals surface area contributed by atoms with E-state index in [1.165, 1.54) is 41.3 Å². The molecule has 0 bridgehead atoms. The molecule has 2 aromatic carbocycles. The van der Waals surface area contributed by atoms with Crippen molar-refractivity contribution in [1.29, 1.82) is 0 Å². The molecule has 11 nitrogen and oxygen atoms in total. The molecule has 1 fully saturated rings. The summed E-state index contributed by atoms with van der Waals surface area (Å²) in [6.45, 7) is 5.24. The number of rotatable bonds is 7. The van der Waals surface area contributed by atoms with E-state index in [9.17, 15) is 32.9 Å². The van der Waals surface area contributed by atoms with Gasteiger partial charge >= 0.3 is 0 Å². The normalized spacial score (nSPS) is 16.5. The zero-order valence-corrected chi connectivity index (χ0v) is 20.7. The summed E-state index contributed by atoms with van der Waals surface area (Å²) in [6.07, 6.45) is 0.0933. The van der Waals surface area contributed by atoms with Crippen LogP contribution in [0.15, 0.2) is 47.4 Å². The molecular weight excluding hydrogens is 500 g/mol. The zero-order chi connectivity index (χ0) is 26.3. The van der Waals surface area contributed by atoms with Gasteiger partial charge in [-0.05, 0) is 56.7 Å². The number of halogens is 1. The van der Waals surface area contributed by atoms with Gasteiger partial charge in [0.05, 0.1) is 21.9 Å². The predicted molar refractivity (Wildman–Crippen MR) is 127 cm³/mol. The van der Waals surface area contributed by atoms with Crippen LogP contribution in [0.5, 0.6) is 0 Å². The lowest BCUT2D eigenvalue weighted by atomic mass is 9.94. The molecule has 0 aliphatic carbocycles. The van der Waals surface area contributed by atoms with E-state index in [1.807, 2.05) is 0 Å². The summed E-state index contributed by atoms with van der Waals surface area (Å²) in [4.78, 5) is 52.4. The smallest absolute Gasteiger partial charge is 0.288 e. The van der Waals surface area contributed by atoms with E-state index in [-0.39, 0.29) is 27.6 Å².